The number of halogens is 1. The second-order valence-electron chi connectivity index (χ2n) is 4.95. The van der Waals surface area contributed by atoms with Crippen molar-refractivity contribution >= 4 is 50.5 Å². The van der Waals surface area contributed by atoms with E-state index >= 15 is 0 Å². The fraction of sp³-hybridized carbons (Fsp3) is 0.125. The molecule has 22 heavy (non-hydrogen) atoms. The number of aryl methyl sites for hydroxylation is 2. The lowest BCUT2D eigenvalue weighted by Gasteiger charge is -2.12. The number of nitrogens with two attached hydrogens (primary N) is 1. The van der Waals surface area contributed by atoms with E-state index in [1.807, 2.05) is 26.0 Å². The molecule has 4 N–H and O–H groups in total. The topological polar surface area (TPSA) is 67.2 Å². The van der Waals surface area contributed by atoms with Gasteiger partial charge in [-0.1, -0.05) is 6.07 Å². The molecule has 0 unspecified atom stereocenters. The number of carbonyl (C=O) groups is 1. The molecule has 0 radical (unpaired) electrons. The second kappa shape index (κ2) is 6.89. The number of hydrogen-bond acceptors (Lipinski definition) is 3. The fourth-order valence-electron chi connectivity index (χ4n) is 1.84. The minimum absolute atomic E-state index is 0.230. The van der Waals surface area contributed by atoms with Crippen molar-refractivity contribution in [2.24, 2.45) is 0 Å². The van der Waals surface area contributed by atoms with Crippen LogP contribution in [0.4, 0.5) is 11.4 Å². The zero-order valence-corrected chi connectivity index (χ0v) is 14.6. The van der Waals surface area contributed by atoms with Gasteiger partial charge in [-0.25, -0.2) is 0 Å². The summed E-state index contributed by atoms with van der Waals surface area (Å²) in [6.45, 7) is 3.97. The Kier molecular flexibility index (Phi) is 5.15. The summed E-state index contributed by atoms with van der Waals surface area (Å²) >= 11 is 8.56. The third-order valence-corrected chi connectivity index (χ3v) is 4.10. The first-order valence-corrected chi connectivity index (χ1v) is 7.81. The third-order valence-electron chi connectivity index (χ3n) is 3.24. The molecule has 0 spiro atoms. The molecular weight excluding hydrogens is 362 g/mol. The summed E-state index contributed by atoms with van der Waals surface area (Å²) in [5.74, 6) is -0.243. The molecule has 2 aromatic carbocycles. The lowest BCUT2D eigenvalue weighted by atomic mass is 10.1. The number of nitrogen functional groups attached to an aromatic ring is 1. The molecule has 0 heterocycles. The largest absolute Gasteiger partial charge is 0.399 e. The zero-order chi connectivity index (χ0) is 16.3. The first kappa shape index (κ1) is 16.5. The number of nitrogens with one attached hydrogen (secondary N) is 2. The Bertz CT molecular complexity index is 746. The normalized spacial score (nSPS) is 10.1. The predicted octanol–water partition coefficient (Wildman–Crippen LogP) is 3.77. The SMILES string of the molecule is Cc1ccc(C(=O)NC(=S)Nc2ccc(N)cc2Br)cc1C. The van der Waals surface area contributed by atoms with Gasteiger partial charge in [0.25, 0.3) is 5.91 Å². The molecule has 0 aliphatic heterocycles. The maximum absolute atomic E-state index is 12.2. The monoisotopic (exact) mass is 377 g/mol. The highest BCUT2D eigenvalue weighted by molar-refractivity contribution is 9.10. The van der Waals surface area contributed by atoms with Crippen molar-refractivity contribution in [3.05, 3.63) is 57.6 Å². The van der Waals surface area contributed by atoms with Crippen molar-refractivity contribution in [3.63, 3.8) is 0 Å². The number of carbonyl (C=O) groups excluding carboxylic acids is 1. The molecule has 0 saturated heterocycles. The van der Waals surface area contributed by atoms with Crippen LogP contribution in [0.3, 0.4) is 0 Å². The summed E-state index contributed by atoms with van der Waals surface area (Å²) in [6, 6.07) is 10.8. The van der Waals surface area contributed by atoms with Gasteiger partial charge < -0.3 is 11.1 Å². The highest BCUT2D eigenvalue weighted by atomic mass is 79.9. The van der Waals surface area contributed by atoms with Crippen molar-refractivity contribution < 1.29 is 4.79 Å². The summed E-state index contributed by atoms with van der Waals surface area (Å²) in [7, 11) is 0. The summed E-state index contributed by atoms with van der Waals surface area (Å²) in [4.78, 5) is 12.2. The smallest absolute Gasteiger partial charge is 0.257 e. The van der Waals surface area contributed by atoms with E-state index in [9.17, 15) is 4.79 Å². The molecule has 0 bridgehead atoms. The first-order chi connectivity index (χ1) is 10.4. The van der Waals surface area contributed by atoms with Crippen molar-refractivity contribution in [3.8, 4) is 0 Å². The second-order valence-corrected chi connectivity index (χ2v) is 6.21. The highest BCUT2D eigenvalue weighted by Gasteiger charge is 2.10. The number of amides is 1. The summed E-state index contributed by atoms with van der Waals surface area (Å²) < 4.78 is 0.773. The van der Waals surface area contributed by atoms with E-state index in [2.05, 4.69) is 26.6 Å². The van der Waals surface area contributed by atoms with Crippen LogP contribution in [0.15, 0.2) is 40.9 Å². The number of thiocarbonyl (C=S) groups is 1. The van der Waals surface area contributed by atoms with E-state index in [0.717, 1.165) is 21.3 Å². The van der Waals surface area contributed by atoms with Gasteiger partial charge in [-0.05, 0) is 83.5 Å². The molecule has 0 atom stereocenters. The molecule has 0 saturated carbocycles. The van der Waals surface area contributed by atoms with Gasteiger partial charge in [0.2, 0.25) is 0 Å². The van der Waals surface area contributed by atoms with E-state index in [1.165, 1.54) is 0 Å². The average molecular weight is 378 g/mol. The Balaban J connectivity index is 2.05. The zero-order valence-electron chi connectivity index (χ0n) is 12.2. The molecule has 0 aromatic heterocycles. The van der Waals surface area contributed by atoms with Crippen molar-refractivity contribution in [1.82, 2.24) is 5.32 Å². The summed E-state index contributed by atoms with van der Waals surface area (Å²) in [5.41, 5.74) is 9.84. The van der Waals surface area contributed by atoms with E-state index in [-0.39, 0.29) is 11.0 Å². The summed E-state index contributed by atoms with van der Waals surface area (Å²) in [6.07, 6.45) is 0. The minimum atomic E-state index is -0.243. The van der Waals surface area contributed by atoms with Crippen LogP contribution in [0.5, 0.6) is 0 Å². The van der Waals surface area contributed by atoms with E-state index in [4.69, 9.17) is 18.0 Å². The van der Waals surface area contributed by atoms with Gasteiger partial charge in [-0.2, -0.15) is 0 Å². The predicted molar refractivity (Wildman–Crippen MR) is 98.2 cm³/mol. The molecule has 0 aliphatic rings. The van der Waals surface area contributed by atoms with Crippen LogP contribution < -0.4 is 16.4 Å². The number of benzene rings is 2. The number of rotatable bonds is 2. The third kappa shape index (κ3) is 4.05. The van der Waals surface area contributed by atoms with Crippen LogP contribution in [-0.2, 0) is 0 Å². The first-order valence-electron chi connectivity index (χ1n) is 6.61. The Morgan fingerprint density at radius 2 is 1.86 bits per heavy atom. The van der Waals surface area contributed by atoms with Gasteiger partial charge in [-0.3, -0.25) is 10.1 Å². The van der Waals surface area contributed by atoms with Crippen molar-refractivity contribution in [2.75, 3.05) is 11.1 Å². The van der Waals surface area contributed by atoms with Gasteiger partial charge >= 0.3 is 0 Å². The van der Waals surface area contributed by atoms with Crippen LogP contribution in [-0.4, -0.2) is 11.0 Å². The van der Waals surface area contributed by atoms with Crippen LogP contribution in [0.2, 0.25) is 0 Å². The van der Waals surface area contributed by atoms with Crippen molar-refractivity contribution in [2.45, 2.75) is 13.8 Å². The molecule has 2 aromatic rings. The van der Waals surface area contributed by atoms with Gasteiger partial charge in [-0.15, -0.1) is 0 Å². The van der Waals surface area contributed by atoms with Gasteiger partial charge in [0.05, 0.1) is 5.69 Å². The Hall–Kier alpha value is -1.92. The van der Waals surface area contributed by atoms with Crippen LogP contribution in [0.1, 0.15) is 21.5 Å². The number of hydrogen-bond donors (Lipinski definition) is 3. The molecule has 6 heteroatoms. The molecule has 0 fully saturated rings. The Labute approximate surface area is 143 Å². The maximum atomic E-state index is 12.2. The maximum Gasteiger partial charge on any atom is 0.257 e. The van der Waals surface area contributed by atoms with E-state index in [0.29, 0.717) is 11.3 Å². The lowest BCUT2D eigenvalue weighted by molar-refractivity contribution is 0.0977. The molecule has 4 nitrogen and oxygen atoms in total. The molecule has 0 aliphatic carbocycles. The van der Waals surface area contributed by atoms with E-state index in [1.54, 1.807) is 24.3 Å². The molecule has 114 valence electrons. The molecule has 2 rings (SSSR count). The highest BCUT2D eigenvalue weighted by Crippen LogP contribution is 2.24. The number of anilines is 2. The Morgan fingerprint density at radius 3 is 2.50 bits per heavy atom. The minimum Gasteiger partial charge on any atom is -0.399 e. The van der Waals surface area contributed by atoms with Gasteiger partial charge in [0.15, 0.2) is 5.11 Å². The van der Waals surface area contributed by atoms with Crippen LogP contribution >= 0.6 is 28.1 Å². The van der Waals surface area contributed by atoms with Crippen molar-refractivity contribution in [1.29, 1.82) is 0 Å². The van der Waals surface area contributed by atoms with Gasteiger partial charge in [0, 0.05) is 15.7 Å². The van der Waals surface area contributed by atoms with Crippen LogP contribution in [0.25, 0.3) is 0 Å². The van der Waals surface area contributed by atoms with E-state index < -0.39 is 0 Å². The summed E-state index contributed by atoms with van der Waals surface area (Å²) in [5, 5.41) is 5.85. The average Bonchev–Trinajstić information content (AvgIpc) is 2.45. The van der Waals surface area contributed by atoms with Gasteiger partial charge in [0.1, 0.15) is 0 Å². The Morgan fingerprint density at radius 1 is 1.14 bits per heavy atom. The quantitative estimate of drug-likeness (QED) is 0.550. The lowest BCUT2D eigenvalue weighted by Crippen LogP contribution is -2.34. The standard InChI is InChI=1S/C16H16BrN3OS/c1-9-3-4-11(7-10(9)2)15(21)20-16(22)19-14-6-5-12(18)8-13(14)17/h3-8H,18H2,1-2H3,(H2,19,20,21,22). The molecular formula is C16H16BrN3OS. The fourth-order valence-corrected chi connectivity index (χ4v) is 2.54. The van der Waals surface area contributed by atoms with Crippen LogP contribution in [0, 0.1) is 13.8 Å². The molecule has 1 amide bonds.